The predicted molar refractivity (Wildman–Crippen MR) is 64.6 cm³/mol. The van der Waals surface area contributed by atoms with E-state index in [0.717, 1.165) is 23.9 Å². The molecule has 15 heavy (non-hydrogen) atoms. The Balaban J connectivity index is 1.92. The lowest BCUT2D eigenvalue weighted by Gasteiger charge is -2.41. The molecular weight excluding hydrogens is 254 g/mol. The van der Waals surface area contributed by atoms with Crippen LogP contribution in [0.3, 0.4) is 0 Å². The number of hydrogen-bond donors (Lipinski definition) is 2. The van der Waals surface area contributed by atoms with Gasteiger partial charge in [-0.15, -0.1) is 0 Å². The molecule has 1 aliphatic carbocycles. The Morgan fingerprint density at radius 2 is 2.20 bits per heavy atom. The second-order valence-corrected chi connectivity index (χ2v) is 5.19. The van der Waals surface area contributed by atoms with Crippen LogP contribution in [0.2, 0.25) is 0 Å². The van der Waals surface area contributed by atoms with Gasteiger partial charge in [-0.1, -0.05) is 28.1 Å². The Hall–Kier alpha value is -0.380. The molecule has 0 atom stereocenters. The lowest BCUT2D eigenvalue weighted by molar-refractivity contribution is 0.0872. The molecule has 1 fully saturated rings. The van der Waals surface area contributed by atoms with Gasteiger partial charge in [0.1, 0.15) is 0 Å². The molecule has 3 heteroatoms. The van der Waals surface area contributed by atoms with E-state index in [0.29, 0.717) is 0 Å². The van der Waals surface area contributed by atoms with Crippen LogP contribution in [-0.2, 0) is 6.54 Å². The van der Waals surface area contributed by atoms with E-state index in [-0.39, 0.29) is 12.1 Å². The summed E-state index contributed by atoms with van der Waals surface area (Å²) in [5, 5.41) is 12.8. The van der Waals surface area contributed by atoms with Crippen LogP contribution < -0.4 is 5.32 Å². The normalized spacial score (nSPS) is 18.5. The number of nitrogens with one attached hydrogen (secondary N) is 1. The lowest BCUT2D eigenvalue weighted by atomic mass is 9.77. The first-order chi connectivity index (χ1) is 7.24. The van der Waals surface area contributed by atoms with Crippen molar-refractivity contribution in [3.63, 3.8) is 0 Å². The molecule has 1 saturated carbocycles. The highest BCUT2D eigenvalue weighted by atomic mass is 79.9. The highest BCUT2D eigenvalue weighted by molar-refractivity contribution is 9.10. The molecule has 0 spiro atoms. The summed E-state index contributed by atoms with van der Waals surface area (Å²) in [5.41, 5.74) is 1.26. The second kappa shape index (κ2) is 4.64. The molecule has 1 aromatic carbocycles. The molecule has 0 saturated heterocycles. The summed E-state index contributed by atoms with van der Waals surface area (Å²) >= 11 is 3.45. The maximum atomic E-state index is 9.30. The Morgan fingerprint density at radius 1 is 1.40 bits per heavy atom. The Morgan fingerprint density at radius 3 is 2.73 bits per heavy atom. The van der Waals surface area contributed by atoms with Crippen molar-refractivity contribution >= 4 is 15.9 Å². The lowest BCUT2D eigenvalue weighted by Crippen LogP contribution is -2.53. The van der Waals surface area contributed by atoms with E-state index in [1.165, 1.54) is 12.0 Å². The van der Waals surface area contributed by atoms with Crippen molar-refractivity contribution in [3.8, 4) is 0 Å². The highest BCUT2D eigenvalue weighted by Gasteiger charge is 2.35. The molecule has 2 rings (SSSR count). The van der Waals surface area contributed by atoms with Crippen LogP contribution >= 0.6 is 15.9 Å². The number of aliphatic hydroxyl groups is 1. The predicted octanol–water partition coefficient (Wildman–Crippen LogP) is 2.45. The third kappa shape index (κ3) is 2.60. The highest BCUT2D eigenvalue weighted by Crippen LogP contribution is 2.31. The van der Waals surface area contributed by atoms with Crippen LogP contribution in [0, 0.1) is 0 Å². The maximum Gasteiger partial charge on any atom is 0.0613 e. The summed E-state index contributed by atoms with van der Waals surface area (Å²) in [6, 6.07) is 8.26. The van der Waals surface area contributed by atoms with E-state index < -0.39 is 0 Å². The van der Waals surface area contributed by atoms with Gasteiger partial charge in [0.05, 0.1) is 6.61 Å². The molecular formula is C12H16BrNO. The van der Waals surface area contributed by atoms with Gasteiger partial charge in [0.15, 0.2) is 0 Å². The molecule has 0 radical (unpaired) electrons. The molecule has 1 aromatic rings. The minimum atomic E-state index is 0.00230. The zero-order valence-electron chi connectivity index (χ0n) is 8.67. The van der Waals surface area contributed by atoms with Crippen molar-refractivity contribution in [1.82, 2.24) is 5.32 Å². The Labute approximate surface area is 98.8 Å². The molecule has 2 N–H and O–H groups in total. The topological polar surface area (TPSA) is 32.3 Å². The number of hydrogen-bond acceptors (Lipinski definition) is 2. The van der Waals surface area contributed by atoms with Gasteiger partial charge in [-0.05, 0) is 37.0 Å². The van der Waals surface area contributed by atoms with Crippen LogP contribution in [0.15, 0.2) is 28.7 Å². The summed E-state index contributed by atoms with van der Waals surface area (Å²) in [6.07, 6.45) is 3.42. The van der Waals surface area contributed by atoms with Gasteiger partial charge in [-0.2, -0.15) is 0 Å². The van der Waals surface area contributed by atoms with Gasteiger partial charge in [0.2, 0.25) is 0 Å². The van der Waals surface area contributed by atoms with E-state index in [2.05, 4.69) is 33.4 Å². The van der Waals surface area contributed by atoms with Crippen molar-refractivity contribution in [2.45, 2.75) is 31.3 Å². The zero-order valence-corrected chi connectivity index (χ0v) is 10.3. The zero-order chi connectivity index (χ0) is 10.7. The van der Waals surface area contributed by atoms with E-state index in [1.807, 2.05) is 12.1 Å². The number of halogens is 1. The molecule has 0 unspecified atom stereocenters. The summed E-state index contributed by atoms with van der Waals surface area (Å²) < 4.78 is 1.11. The Kier molecular flexibility index (Phi) is 3.44. The van der Waals surface area contributed by atoms with Crippen molar-refractivity contribution in [2.24, 2.45) is 0 Å². The molecule has 0 bridgehead atoms. The quantitative estimate of drug-likeness (QED) is 0.880. The molecule has 0 aromatic heterocycles. The minimum absolute atomic E-state index is 0.00230. The molecule has 82 valence electrons. The van der Waals surface area contributed by atoms with Crippen LogP contribution in [0.1, 0.15) is 24.8 Å². The Bertz CT molecular complexity index is 331. The second-order valence-electron chi connectivity index (χ2n) is 4.28. The van der Waals surface area contributed by atoms with E-state index >= 15 is 0 Å². The number of aliphatic hydroxyl groups excluding tert-OH is 1. The number of benzene rings is 1. The monoisotopic (exact) mass is 269 g/mol. The minimum Gasteiger partial charge on any atom is -0.394 e. The molecule has 1 aliphatic rings. The third-order valence-corrected chi connectivity index (χ3v) is 3.66. The van der Waals surface area contributed by atoms with Gasteiger partial charge in [-0.25, -0.2) is 0 Å². The van der Waals surface area contributed by atoms with Crippen molar-refractivity contribution < 1.29 is 5.11 Å². The first-order valence-electron chi connectivity index (χ1n) is 5.34. The fourth-order valence-corrected chi connectivity index (χ4v) is 2.38. The van der Waals surface area contributed by atoms with Crippen molar-refractivity contribution in [3.05, 3.63) is 34.3 Å². The summed E-state index contributed by atoms with van der Waals surface area (Å²) in [6.45, 7) is 1.08. The SMILES string of the molecule is OCC1(NCc2cccc(Br)c2)CCC1. The average Bonchev–Trinajstić information content (AvgIpc) is 2.17. The fraction of sp³-hybridized carbons (Fsp3) is 0.500. The fourth-order valence-electron chi connectivity index (χ4n) is 1.93. The number of rotatable bonds is 4. The largest absolute Gasteiger partial charge is 0.394 e. The van der Waals surface area contributed by atoms with Crippen LogP contribution in [0.4, 0.5) is 0 Å². The van der Waals surface area contributed by atoms with Crippen LogP contribution in [0.5, 0.6) is 0 Å². The molecule has 0 aliphatic heterocycles. The smallest absolute Gasteiger partial charge is 0.0613 e. The first-order valence-corrected chi connectivity index (χ1v) is 6.14. The van der Waals surface area contributed by atoms with Crippen molar-refractivity contribution in [1.29, 1.82) is 0 Å². The van der Waals surface area contributed by atoms with E-state index in [1.54, 1.807) is 0 Å². The van der Waals surface area contributed by atoms with Gasteiger partial charge in [-0.3, -0.25) is 0 Å². The average molecular weight is 270 g/mol. The first kappa shape index (κ1) is 11.1. The molecule has 0 heterocycles. The van der Waals surface area contributed by atoms with E-state index in [9.17, 15) is 5.11 Å². The van der Waals surface area contributed by atoms with Gasteiger partial charge in [0, 0.05) is 16.6 Å². The summed E-state index contributed by atoms with van der Waals surface area (Å²) in [4.78, 5) is 0. The standard InChI is InChI=1S/C12H16BrNO/c13-11-4-1-3-10(7-11)8-14-12(9-15)5-2-6-12/h1,3-4,7,14-15H,2,5-6,8-9H2. The molecule has 2 nitrogen and oxygen atoms in total. The van der Waals surface area contributed by atoms with E-state index in [4.69, 9.17) is 0 Å². The van der Waals surface area contributed by atoms with Crippen LogP contribution in [-0.4, -0.2) is 17.3 Å². The van der Waals surface area contributed by atoms with Gasteiger partial charge >= 0.3 is 0 Å². The molecule has 0 amide bonds. The van der Waals surface area contributed by atoms with Crippen molar-refractivity contribution in [2.75, 3.05) is 6.61 Å². The third-order valence-electron chi connectivity index (χ3n) is 3.17. The summed E-state index contributed by atoms with van der Waals surface area (Å²) in [7, 11) is 0. The van der Waals surface area contributed by atoms with Crippen LogP contribution in [0.25, 0.3) is 0 Å². The van der Waals surface area contributed by atoms with Gasteiger partial charge < -0.3 is 10.4 Å². The summed E-state index contributed by atoms with van der Waals surface area (Å²) in [5.74, 6) is 0. The maximum absolute atomic E-state index is 9.30. The van der Waals surface area contributed by atoms with Gasteiger partial charge in [0.25, 0.3) is 0 Å².